The van der Waals surface area contributed by atoms with Crippen LogP contribution in [0, 0.1) is 12.8 Å². The third-order valence-corrected chi connectivity index (χ3v) is 8.90. The molecule has 0 radical (unpaired) electrons. The van der Waals surface area contributed by atoms with Gasteiger partial charge < -0.3 is 24.5 Å². The van der Waals surface area contributed by atoms with Crippen LogP contribution < -0.4 is 20.6 Å². The fourth-order valence-electron chi connectivity index (χ4n) is 6.17. The molecule has 3 heterocycles. The van der Waals surface area contributed by atoms with E-state index in [2.05, 4.69) is 4.98 Å². The number of anilines is 1. The van der Waals surface area contributed by atoms with Gasteiger partial charge in [-0.3, -0.25) is 14.1 Å². The van der Waals surface area contributed by atoms with Crippen molar-refractivity contribution >= 4 is 21.7 Å². The van der Waals surface area contributed by atoms with E-state index >= 15 is 0 Å². The number of hydrogen-bond donors (Lipinski definition) is 2. The molecule has 0 aliphatic carbocycles. The van der Waals surface area contributed by atoms with Crippen LogP contribution in [0.4, 0.5) is 5.82 Å². The zero-order valence-electron chi connectivity index (χ0n) is 30.4. The molecule has 0 unspecified atom stereocenters. The highest BCUT2D eigenvalue weighted by Gasteiger charge is 2.20. The number of ether oxygens (including phenoxy) is 3. The molecule has 11 nitrogen and oxygen atoms in total. The van der Waals surface area contributed by atoms with Crippen molar-refractivity contribution in [2.75, 3.05) is 38.9 Å². The monoisotopic (exact) mass is 739 g/mol. The Kier molecular flexibility index (Phi) is 12.8. The fourth-order valence-corrected chi connectivity index (χ4v) is 6.17. The quantitative estimate of drug-likeness (QED) is 0.108. The van der Waals surface area contributed by atoms with E-state index in [-0.39, 0.29) is 23.2 Å². The lowest BCUT2D eigenvalue weighted by Gasteiger charge is -2.23. The lowest BCUT2D eigenvalue weighted by molar-refractivity contribution is 0.0612. The molecule has 1 aliphatic rings. The molecule has 1 aliphatic heterocycles. The van der Waals surface area contributed by atoms with Gasteiger partial charge in [-0.15, -0.1) is 0 Å². The average molecular weight is 740 g/mol. The number of rotatable bonds is 11. The summed E-state index contributed by atoms with van der Waals surface area (Å²) in [6.07, 6.45) is 8.10. The summed E-state index contributed by atoms with van der Waals surface area (Å²) < 4.78 is 44.6. The molecule has 0 bridgehead atoms. The normalized spacial score (nSPS) is 13.2. The van der Waals surface area contributed by atoms with Crippen molar-refractivity contribution in [3.05, 3.63) is 118 Å². The van der Waals surface area contributed by atoms with Gasteiger partial charge in [-0.1, -0.05) is 60.2 Å². The molecule has 3 N–H and O–H groups in total. The van der Waals surface area contributed by atoms with Crippen molar-refractivity contribution < 1.29 is 32.0 Å². The molecule has 1 fully saturated rings. The Labute approximate surface area is 310 Å². The van der Waals surface area contributed by atoms with Gasteiger partial charge in [-0.2, -0.15) is 8.42 Å². The second kappa shape index (κ2) is 17.5. The maximum absolute atomic E-state index is 13.8. The van der Waals surface area contributed by atoms with Crippen LogP contribution in [0.5, 0.6) is 11.5 Å². The number of methoxy groups -OCH3 is 1. The second-order valence-corrected chi connectivity index (χ2v) is 14.5. The molecule has 0 saturated carbocycles. The molecule has 53 heavy (non-hydrogen) atoms. The molecule has 2 aromatic heterocycles. The zero-order valence-corrected chi connectivity index (χ0v) is 31.2. The number of hydrogen-bond acceptors (Lipinski definition) is 9. The van der Waals surface area contributed by atoms with Crippen molar-refractivity contribution in [3.63, 3.8) is 0 Å². The third kappa shape index (κ3) is 10.6. The molecule has 0 spiro atoms. The molecule has 5 aromatic rings. The van der Waals surface area contributed by atoms with Crippen molar-refractivity contribution in [3.8, 4) is 44.9 Å². The zero-order chi connectivity index (χ0) is 38.1. The van der Waals surface area contributed by atoms with Crippen LogP contribution in [0.25, 0.3) is 33.4 Å². The Hall–Kier alpha value is -5.30. The number of benzene rings is 3. The van der Waals surface area contributed by atoms with Crippen LogP contribution in [-0.4, -0.2) is 61.5 Å². The first-order chi connectivity index (χ1) is 25.3. The molecule has 12 heteroatoms. The number of ketones is 1. The first kappa shape index (κ1) is 38.9. The van der Waals surface area contributed by atoms with E-state index in [1.807, 2.05) is 97.4 Å². The molecular formula is C41H45N3O8S. The summed E-state index contributed by atoms with van der Waals surface area (Å²) in [5.41, 5.74) is 13.0. The minimum Gasteiger partial charge on any atom is -0.493 e. The molecule has 3 aromatic carbocycles. The van der Waals surface area contributed by atoms with E-state index in [1.54, 1.807) is 19.5 Å². The molecular weight excluding hydrogens is 695 g/mol. The Morgan fingerprint density at radius 2 is 1.55 bits per heavy atom. The Balaban J connectivity index is 0.00000101. The van der Waals surface area contributed by atoms with Crippen LogP contribution in [0.3, 0.4) is 0 Å². The molecule has 1 saturated heterocycles. The molecule has 278 valence electrons. The fraction of sp³-hybridized carbons (Fsp3) is 0.293. The number of nitrogen functional groups attached to an aromatic ring is 1. The molecule has 0 amide bonds. The summed E-state index contributed by atoms with van der Waals surface area (Å²) in [5.74, 6) is 1.94. The highest BCUT2D eigenvalue weighted by Crippen LogP contribution is 2.35. The maximum atomic E-state index is 13.8. The van der Waals surface area contributed by atoms with Gasteiger partial charge in [0.15, 0.2) is 22.7 Å². The topological polar surface area (TPSA) is 160 Å². The van der Waals surface area contributed by atoms with Crippen LogP contribution in [0.1, 0.15) is 41.3 Å². The van der Waals surface area contributed by atoms with E-state index in [0.717, 1.165) is 71.5 Å². The second-order valence-electron chi connectivity index (χ2n) is 13.0. The minimum atomic E-state index is -3.67. The Bertz CT molecular complexity index is 2200. The predicted octanol–water partition coefficient (Wildman–Crippen LogP) is 6.90. The smallest absolute Gasteiger partial charge is 0.261 e. The number of Topliss-reactive ketones (excluding diaryl/α,β-unsaturated/α-hetero) is 1. The maximum Gasteiger partial charge on any atom is 0.261 e. The van der Waals surface area contributed by atoms with Gasteiger partial charge in [0.05, 0.1) is 25.5 Å². The molecule has 6 rings (SSSR count). The van der Waals surface area contributed by atoms with Crippen molar-refractivity contribution in [1.82, 2.24) is 9.55 Å². The molecule has 0 atom stereocenters. The van der Waals surface area contributed by atoms with Crippen molar-refractivity contribution in [2.24, 2.45) is 5.92 Å². The highest BCUT2D eigenvalue weighted by atomic mass is 32.2. The van der Waals surface area contributed by atoms with Gasteiger partial charge >= 0.3 is 0 Å². The van der Waals surface area contributed by atoms with Gasteiger partial charge in [-0.25, -0.2) is 4.98 Å². The third-order valence-electron chi connectivity index (χ3n) is 8.90. The summed E-state index contributed by atoms with van der Waals surface area (Å²) in [5, 5.41) is 0. The Morgan fingerprint density at radius 1 is 0.925 bits per heavy atom. The van der Waals surface area contributed by atoms with Gasteiger partial charge in [-0.05, 0) is 73.1 Å². The van der Waals surface area contributed by atoms with Crippen molar-refractivity contribution in [2.45, 2.75) is 39.7 Å². The SMILES string of the molecule is CCOc1ccc(-c2cnc(N)c(-c3ccc(CC(=O)c4cn(CC5CCOCC5)cc(-c5ccc(C)cc5)c4=O)cc3)c2)cc1OC.CS(=O)(=O)O. The van der Waals surface area contributed by atoms with Gasteiger partial charge in [0.1, 0.15) is 5.82 Å². The summed E-state index contributed by atoms with van der Waals surface area (Å²) in [7, 11) is -2.05. The van der Waals surface area contributed by atoms with Gasteiger partial charge in [0.25, 0.3) is 10.1 Å². The van der Waals surface area contributed by atoms with Gasteiger partial charge in [0.2, 0.25) is 0 Å². The Morgan fingerprint density at radius 3 is 2.19 bits per heavy atom. The number of aromatic nitrogens is 2. The van der Waals surface area contributed by atoms with E-state index in [4.69, 9.17) is 24.5 Å². The van der Waals surface area contributed by atoms with E-state index < -0.39 is 10.1 Å². The van der Waals surface area contributed by atoms with Gasteiger partial charge in [0, 0.05) is 61.5 Å². The van der Waals surface area contributed by atoms with E-state index in [9.17, 15) is 18.0 Å². The number of nitrogens with two attached hydrogens (primary N) is 1. The number of pyridine rings is 2. The first-order valence-electron chi connectivity index (χ1n) is 17.3. The summed E-state index contributed by atoms with van der Waals surface area (Å²) in [6.45, 7) is 6.69. The summed E-state index contributed by atoms with van der Waals surface area (Å²) in [6, 6.07) is 23.3. The van der Waals surface area contributed by atoms with Crippen LogP contribution in [0.2, 0.25) is 0 Å². The first-order valence-corrected chi connectivity index (χ1v) is 19.2. The summed E-state index contributed by atoms with van der Waals surface area (Å²) in [4.78, 5) is 32.0. The largest absolute Gasteiger partial charge is 0.493 e. The van der Waals surface area contributed by atoms with Crippen LogP contribution >= 0.6 is 0 Å². The average Bonchev–Trinajstić information content (AvgIpc) is 3.13. The van der Waals surface area contributed by atoms with E-state index in [0.29, 0.717) is 41.7 Å². The summed E-state index contributed by atoms with van der Waals surface area (Å²) >= 11 is 0. The number of carbonyl (C=O) groups is 1. The number of carbonyl (C=O) groups excluding carboxylic acids is 1. The number of aryl methyl sites for hydroxylation is 1. The lowest BCUT2D eigenvalue weighted by Crippen LogP contribution is -2.25. The van der Waals surface area contributed by atoms with Crippen LogP contribution in [-0.2, 0) is 27.8 Å². The van der Waals surface area contributed by atoms with Crippen molar-refractivity contribution in [1.29, 1.82) is 0 Å². The minimum absolute atomic E-state index is 0.101. The standard InChI is InChI=1S/C40H41N3O5.CH4O3S/c1-4-48-37-14-13-31(21-38(37)46-3)32-20-33(40(41)42-22-32)29-11-7-27(8-12-29)19-36(44)35-25-43(23-28-15-17-47-18-16-28)24-34(39(35)45)30-9-5-26(2)6-10-30;1-5(2,3)4/h5-14,20-22,24-25,28H,4,15-19,23H2,1-3H3,(H2,41,42);1H3,(H,2,3,4). The predicted molar refractivity (Wildman–Crippen MR) is 207 cm³/mol. The number of nitrogens with zero attached hydrogens (tertiary/aromatic N) is 2. The van der Waals surface area contributed by atoms with Crippen LogP contribution in [0.15, 0.2) is 96.2 Å². The lowest BCUT2D eigenvalue weighted by atomic mass is 9.96. The van der Waals surface area contributed by atoms with E-state index in [1.165, 1.54) is 0 Å². The highest BCUT2D eigenvalue weighted by molar-refractivity contribution is 7.85.